The summed E-state index contributed by atoms with van der Waals surface area (Å²) >= 11 is 0. The van der Waals surface area contributed by atoms with Crippen LogP contribution in [0, 0.1) is 0 Å². The second kappa shape index (κ2) is 8.10. The van der Waals surface area contributed by atoms with Crippen molar-refractivity contribution >= 4 is 23.7 Å². The number of urea groups is 1. The van der Waals surface area contributed by atoms with Crippen LogP contribution >= 0.6 is 0 Å². The molecule has 7 nitrogen and oxygen atoms in total. The molecular weight excluding hydrogens is 384 g/mol. The molecular formula is C23H22N2O5. The van der Waals surface area contributed by atoms with Gasteiger partial charge in [0.1, 0.15) is 17.8 Å². The van der Waals surface area contributed by atoms with Gasteiger partial charge in [0.05, 0.1) is 0 Å². The molecule has 1 N–H and O–H groups in total. The highest BCUT2D eigenvalue weighted by molar-refractivity contribution is 6.09. The lowest BCUT2D eigenvalue weighted by Crippen LogP contribution is -2.48. The molecule has 2 aliphatic rings. The maximum atomic E-state index is 12.7. The number of amides is 3. The number of hydrogen-bond acceptors (Lipinski definition) is 5. The molecule has 0 aromatic heterocycles. The molecule has 2 aromatic carbocycles. The highest BCUT2D eigenvalue weighted by atomic mass is 16.5. The first-order valence-electron chi connectivity index (χ1n) is 10.0. The average molecular weight is 406 g/mol. The average Bonchev–Trinajstić information content (AvgIpc) is 2.98. The molecule has 1 aliphatic heterocycles. The number of nitrogens with one attached hydrogen (secondary N) is 1. The number of nitrogens with zero attached hydrogens (tertiary/aromatic N) is 1. The van der Waals surface area contributed by atoms with Gasteiger partial charge in [-0.2, -0.15) is 0 Å². The van der Waals surface area contributed by atoms with Gasteiger partial charge >= 0.3 is 12.0 Å². The number of esters is 1. The Morgan fingerprint density at radius 2 is 1.53 bits per heavy atom. The first kappa shape index (κ1) is 19.8. The van der Waals surface area contributed by atoms with E-state index < -0.39 is 24.1 Å². The summed E-state index contributed by atoms with van der Waals surface area (Å²) in [5.41, 5.74) is 0.168. The fourth-order valence-corrected chi connectivity index (χ4v) is 4.04. The third kappa shape index (κ3) is 3.83. The van der Waals surface area contributed by atoms with E-state index in [1.165, 1.54) is 12.1 Å². The Kier molecular flexibility index (Phi) is 5.35. The lowest BCUT2D eigenvalue weighted by Gasteiger charge is -2.30. The van der Waals surface area contributed by atoms with Gasteiger partial charge in [-0.1, -0.05) is 49.6 Å². The van der Waals surface area contributed by atoms with Crippen LogP contribution in [0.2, 0.25) is 0 Å². The van der Waals surface area contributed by atoms with Crippen molar-refractivity contribution in [2.24, 2.45) is 0 Å². The van der Waals surface area contributed by atoms with E-state index in [9.17, 15) is 19.2 Å². The van der Waals surface area contributed by atoms with Gasteiger partial charge in [0, 0.05) is 11.1 Å². The van der Waals surface area contributed by atoms with E-state index in [4.69, 9.17) is 4.74 Å². The molecule has 7 heteroatoms. The van der Waals surface area contributed by atoms with Gasteiger partial charge in [0.25, 0.3) is 5.91 Å². The summed E-state index contributed by atoms with van der Waals surface area (Å²) in [6, 6.07) is 14.5. The monoisotopic (exact) mass is 406 g/mol. The minimum absolute atomic E-state index is 0.134. The Morgan fingerprint density at radius 1 is 0.900 bits per heavy atom. The Labute approximate surface area is 174 Å². The zero-order valence-electron chi connectivity index (χ0n) is 16.4. The number of rotatable bonds is 5. The topological polar surface area (TPSA) is 92.8 Å². The third-order valence-electron chi connectivity index (χ3n) is 5.62. The van der Waals surface area contributed by atoms with Crippen LogP contribution in [0.25, 0.3) is 0 Å². The molecule has 2 aromatic rings. The van der Waals surface area contributed by atoms with E-state index in [0.29, 0.717) is 24.0 Å². The Bertz CT molecular complexity index is 978. The minimum Gasteiger partial charge on any atom is -0.425 e. The van der Waals surface area contributed by atoms with Crippen LogP contribution < -0.4 is 10.1 Å². The summed E-state index contributed by atoms with van der Waals surface area (Å²) < 4.78 is 5.27. The molecule has 0 atom stereocenters. The van der Waals surface area contributed by atoms with E-state index >= 15 is 0 Å². The van der Waals surface area contributed by atoms with Crippen molar-refractivity contribution in [3.8, 4) is 5.75 Å². The zero-order chi connectivity index (χ0) is 21.1. The fourth-order valence-electron chi connectivity index (χ4n) is 4.04. The molecule has 3 amide bonds. The maximum absolute atomic E-state index is 12.7. The number of carbonyl (C=O) groups excluding carboxylic acids is 4. The van der Waals surface area contributed by atoms with Crippen molar-refractivity contribution < 1.29 is 23.9 Å². The molecule has 0 unspecified atom stereocenters. The van der Waals surface area contributed by atoms with E-state index in [1.54, 1.807) is 36.4 Å². The van der Waals surface area contributed by atoms with Gasteiger partial charge in [-0.3, -0.25) is 14.5 Å². The molecule has 154 valence electrons. The van der Waals surface area contributed by atoms with Crippen molar-refractivity contribution in [3.63, 3.8) is 0 Å². The molecule has 4 rings (SSSR count). The number of ketones is 1. The molecule has 30 heavy (non-hydrogen) atoms. The Balaban J connectivity index is 1.38. The van der Waals surface area contributed by atoms with Crippen LogP contribution in [-0.4, -0.2) is 40.7 Å². The maximum Gasteiger partial charge on any atom is 0.331 e. The smallest absolute Gasteiger partial charge is 0.331 e. The van der Waals surface area contributed by atoms with Crippen LogP contribution in [0.4, 0.5) is 4.79 Å². The van der Waals surface area contributed by atoms with E-state index in [1.807, 2.05) is 6.07 Å². The highest BCUT2D eigenvalue weighted by Crippen LogP contribution is 2.33. The van der Waals surface area contributed by atoms with Crippen molar-refractivity contribution in [3.05, 3.63) is 65.7 Å². The lowest BCUT2D eigenvalue weighted by molar-refractivity contribution is -0.141. The van der Waals surface area contributed by atoms with Gasteiger partial charge in [0.2, 0.25) is 0 Å². The molecule has 2 fully saturated rings. The van der Waals surface area contributed by atoms with Crippen LogP contribution in [0.5, 0.6) is 5.75 Å². The number of ether oxygens (including phenoxy) is 1. The largest absolute Gasteiger partial charge is 0.425 e. The van der Waals surface area contributed by atoms with Crippen molar-refractivity contribution in [1.82, 2.24) is 10.2 Å². The summed E-state index contributed by atoms with van der Waals surface area (Å²) in [7, 11) is 0. The van der Waals surface area contributed by atoms with Gasteiger partial charge in [0.15, 0.2) is 5.78 Å². The fraction of sp³-hybridized carbons (Fsp3) is 0.304. The number of imide groups is 1. The summed E-state index contributed by atoms with van der Waals surface area (Å²) in [6.07, 6.45) is 3.98. The van der Waals surface area contributed by atoms with Crippen LogP contribution in [0.1, 0.15) is 48.0 Å². The van der Waals surface area contributed by atoms with E-state index in [-0.39, 0.29) is 17.4 Å². The molecule has 1 heterocycles. The molecule has 1 saturated heterocycles. The highest BCUT2D eigenvalue weighted by Gasteiger charge is 2.51. The summed E-state index contributed by atoms with van der Waals surface area (Å²) in [4.78, 5) is 50.7. The predicted octanol–water partition coefficient (Wildman–Crippen LogP) is 3.08. The summed E-state index contributed by atoms with van der Waals surface area (Å²) in [5.74, 6) is -0.962. The molecule has 1 spiro atoms. The quantitative estimate of drug-likeness (QED) is 0.357. The van der Waals surface area contributed by atoms with E-state index in [2.05, 4.69) is 5.32 Å². The van der Waals surface area contributed by atoms with Crippen LogP contribution in [-0.2, 0) is 9.59 Å². The van der Waals surface area contributed by atoms with Gasteiger partial charge in [-0.05, 0) is 37.1 Å². The third-order valence-corrected chi connectivity index (χ3v) is 5.62. The zero-order valence-corrected chi connectivity index (χ0v) is 16.4. The number of carbonyl (C=O) groups is 4. The molecule has 1 aliphatic carbocycles. The first-order valence-corrected chi connectivity index (χ1v) is 10.0. The second-order valence-corrected chi connectivity index (χ2v) is 7.66. The Morgan fingerprint density at radius 3 is 2.20 bits per heavy atom. The molecule has 1 saturated carbocycles. The molecule has 0 bridgehead atoms. The molecule has 0 radical (unpaired) electrons. The second-order valence-electron chi connectivity index (χ2n) is 7.66. The minimum atomic E-state index is -0.866. The van der Waals surface area contributed by atoms with Crippen LogP contribution in [0.3, 0.4) is 0 Å². The van der Waals surface area contributed by atoms with Crippen molar-refractivity contribution in [2.45, 2.75) is 37.6 Å². The summed E-state index contributed by atoms with van der Waals surface area (Å²) in [6.45, 7) is -0.447. The van der Waals surface area contributed by atoms with Crippen molar-refractivity contribution in [1.29, 1.82) is 0 Å². The number of benzene rings is 2. The standard InChI is InChI=1S/C23H22N2O5/c26-19(15-25-21(28)23(24-22(25)29)13-5-2-6-14-23)30-18-11-9-17(10-12-18)20(27)16-7-3-1-4-8-16/h1,3-4,7-12H,2,5-6,13-15H2,(H,24,29). The predicted molar refractivity (Wildman–Crippen MR) is 108 cm³/mol. The normalized spacial score (nSPS) is 17.7. The number of hydrogen-bond donors (Lipinski definition) is 1. The SMILES string of the molecule is O=C(CN1C(=O)NC2(CCCCC2)C1=O)Oc1ccc(C(=O)c2ccccc2)cc1. The van der Waals surface area contributed by atoms with Gasteiger partial charge < -0.3 is 10.1 Å². The van der Waals surface area contributed by atoms with Gasteiger partial charge in [-0.15, -0.1) is 0 Å². The first-order chi connectivity index (χ1) is 14.5. The Hall–Kier alpha value is -3.48. The summed E-state index contributed by atoms with van der Waals surface area (Å²) in [5, 5.41) is 2.77. The van der Waals surface area contributed by atoms with Crippen molar-refractivity contribution in [2.75, 3.05) is 6.54 Å². The van der Waals surface area contributed by atoms with Gasteiger partial charge in [-0.25, -0.2) is 9.59 Å². The van der Waals surface area contributed by atoms with Crippen LogP contribution in [0.15, 0.2) is 54.6 Å². The van der Waals surface area contributed by atoms with E-state index in [0.717, 1.165) is 24.2 Å². The lowest BCUT2D eigenvalue weighted by atomic mass is 9.82.